The van der Waals surface area contributed by atoms with Crippen molar-refractivity contribution >= 4 is 11.6 Å². The molecule has 0 saturated carbocycles. The number of quaternary nitrogens is 1. The quantitative estimate of drug-likeness (QED) is 0.389. The predicted molar refractivity (Wildman–Crippen MR) is 54.8 cm³/mol. The maximum atomic E-state index is 5.70. The molecule has 15 heavy (non-hydrogen) atoms. The van der Waals surface area contributed by atoms with Crippen LogP contribution in [0.4, 0.5) is 0 Å². The number of allylic oxidation sites excluding steroid dienone is 1. The summed E-state index contributed by atoms with van der Waals surface area (Å²) < 4.78 is 1.05. The molecule has 4 bridgehead atoms. The van der Waals surface area contributed by atoms with Gasteiger partial charge in [0.1, 0.15) is 20.0 Å². The molecule has 0 radical (unpaired) electrons. The molecule has 0 aromatic carbocycles. The van der Waals surface area contributed by atoms with Gasteiger partial charge in [0.15, 0.2) is 0 Å². The molecule has 4 rings (SSSR count). The van der Waals surface area contributed by atoms with E-state index in [0.29, 0.717) is 5.88 Å². The molecule has 0 aromatic rings. The van der Waals surface area contributed by atoms with E-state index in [1.807, 2.05) is 0 Å². The molecule has 4 aliphatic rings. The van der Waals surface area contributed by atoms with Crippen LogP contribution in [0.25, 0.3) is 0 Å². The largest absolute Gasteiger partial charge is 1.00 e. The Hall–Kier alpha value is 0.160. The van der Waals surface area contributed by atoms with Crippen molar-refractivity contribution in [3.63, 3.8) is 0 Å². The van der Waals surface area contributed by atoms with Crippen LogP contribution in [0.1, 0.15) is 0 Å². The Labute approximate surface area is 102 Å². The lowest BCUT2D eigenvalue weighted by Gasteiger charge is -2.59. The Balaban J connectivity index is 0.000000853. The van der Waals surface area contributed by atoms with Crippen LogP contribution in [0.15, 0.2) is 12.3 Å². The summed E-state index contributed by atoms with van der Waals surface area (Å²) in [7, 11) is 0. The summed E-state index contributed by atoms with van der Waals surface area (Å²) in [5.41, 5.74) is 0. The molecule has 0 aromatic heterocycles. The summed E-state index contributed by atoms with van der Waals surface area (Å²) in [6.07, 6.45) is 4.36. The van der Waals surface area contributed by atoms with Gasteiger partial charge in [0.2, 0.25) is 0 Å². The van der Waals surface area contributed by atoms with Crippen molar-refractivity contribution in [1.29, 1.82) is 0 Å². The number of hydrogen-bond acceptors (Lipinski definition) is 3. The first-order chi connectivity index (χ1) is 6.80. The van der Waals surface area contributed by atoms with Gasteiger partial charge in [-0.1, -0.05) is 0 Å². The lowest BCUT2D eigenvalue weighted by atomic mass is 10.3. The number of hydrogen-bond donors (Lipinski definition) is 0. The average molecular weight is 251 g/mol. The normalized spacial score (nSPS) is 47.1. The third-order valence-corrected chi connectivity index (χ3v) is 3.33. The highest BCUT2D eigenvalue weighted by atomic mass is 35.5. The van der Waals surface area contributed by atoms with Crippen molar-refractivity contribution in [2.75, 3.05) is 45.9 Å². The van der Waals surface area contributed by atoms with Gasteiger partial charge in [-0.05, 0) is 6.08 Å². The van der Waals surface area contributed by atoms with Crippen LogP contribution in [-0.2, 0) is 0 Å². The number of nitrogens with zero attached hydrogens (tertiary/aromatic N) is 4. The maximum absolute atomic E-state index is 5.70. The lowest BCUT2D eigenvalue weighted by Crippen LogP contribution is -3.00. The van der Waals surface area contributed by atoms with E-state index in [1.54, 1.807) is 0 Å². The van der Waals surface area contributed by atoms with Gasteiger partial charge in [-0.2, -0.15) is 0 Å². The van der Waals surface area contributed by atoms with Crippen LogP contribution >= 0.6 is 11.6 Å². The maximum Gasteiger partial charge on any atom is 0.143 e. The Bertz CT molecular complexity index is 234. The minimum atomic E-state index is 0. The monoisotopic (exact) mass is 250 g/mol. The summed E-state index contributed by atoms with van der Waals surface area (Å²) >= 11 is 5.70. The summed E-state index contributed by atoms with van der Waals surface area (Å²) in [6, 6.07) is 0. The molecular weight excluding hydrogens is 235 g/mol. The van der Waals surface area contributed by atoms with Crippen LogP contribution in [0.2, 0.25) is 0 Å². The SMILES string of the molecule is ClC/C=C\[N+]12CN3CN(CN(C3)C1)C2.[Cl-]. The molecule has 0 atom stereocenters. The van der Waals surface area contributed by atoms with Gasteiger partial charge in [-0.25, -0.2) is 14.7 Å². The van der Waals surface area contributed by atoms with Crippen LogP contribution in [0.3, 0.4) is 0 Å². The summed E-state index contributed by atoms with van der Waals surface area (Å²) in [6.45, 7) is 6.89. The fourth-order valence-electron chi connectivity index (χ4n) is 2.98. The van der Waals surface area contributed by atoms with Crippen molar-refractivity contribution in [2.45, 2.75) is 0 Å². The van der Waals surface area contributed by atoms with Gasteiger partial charge >= 0.3 is 0 Å². The van der Waals surface area contributed by atoms with Crippen LogP contribution in [-0.4, -0.2) is 65.1 Å². The van der Waals surface area contributed by atoms with E-state index >= 15 is 0 Å². The lowest BCUT2D eigenvalue weighted by molar-refractivity contribution is -0.937. The second-order valence-corrected chi connectivity index (χ2v) is 4.93. The van der Waals surface area contributed by atoms with E-state index in [4.69, 9.17) is 11.6 Å². The van der Waals surface area contributed by atoms with Gasteiger partial charge in [0.05, 0.1) is 26.2 Å². The molecule has 4 nitrogen and oxygen atoms in total. The second-order valence-electron chi connectivity index (χ2n) is 4.62. The predicted octanol–water partition coefficient (Wildman–Crippen LogP) is -2.75. The highest BCUT2D eigenvalue weighted by molar-refractivity contribution is 6.18. The molecule has 0 spiro atoms. The van der Waals surface area contributed by atoms with E-state index in [-0.39, 0.29) is 12.4 Å². The number of alkyl halides is 1. The van der Waals surface area contributed by atoms with Crippen LogP contribution in [0, 0.1) is 0 Å². The number of halogens is 2. The van der Waals surface area contributed by atoms with Gasteiger partial charge in [0.25, 0.3) is 0 Å². The van der Waals surface area contributed by atoms with E-state index in [2.05, 4.69) is 27.0 Å². The molecule has 4 aliphatic heterocycles. The first-order valence-electron chi connectivity index (χ1n) is 5.06. The van der Waals surface area contributed by atoms with Crippen LogP contribution < -0.4 is 12.4 Å². The first-order valence-corrected chi connectivity index (χ1v) is 5.60. The minimum Gasteiger partial charge on any atom is -1.00 e. The summed E-state index contributed by atoms with van der Waals surface area (Å²) in [5, 5.41) is 0. The standard InChI is InChI=1S/C9H16ClN4.ClH/c10-2-1-3-14-7-11-4-12(8-14)6-13(5-11)9-14;/h1,3H,2,4-9H2;1H/q+1;/p-1/b3-1-;. The van der Waals surface area contributed by atoms with Gasteiger partial charge < -0.3 is 12.4 Å². The van der Waals surface area contributed by atoms with Gasteiger partial charge in [-0.3, -0.25) is 4.48 Å². The van der Waals surface area contributed by atoms with Crippen molar-refractivity contribution in [3.8, 4) is 0 Å². The zero-order valence-corrected chi connectivity index (χ0v) is 10.2. The van der Waals surface area contributed by atoms with Crippen molar-refractivity contribution in [2.24, 2.45) is 0 Å². The third kappa shape index (κ3) is 2.02. The molecule has 4 fully saturated rings. The Morgan fingerprint density at radius 3 is 1.87 bits per heavy atom. The summed E-state index contributed by atoms with van der Waals surface area (Å²) in [5.74, 6) is 0.625. The molecule has 0 aliphatic carbocycles. The Morgan fingerprint density at radius 2 is 1.47 bits per heavy atom. The highest BCUT2D eigenvalue weighted by Crippen LogP contribution is 2.28. The molecule has 6 heteroatoms. The molecule has 0 unspecified atom stereocenters. The van der Waals surface area contributed by atoms with E-state index in [9.17, 15) is 0 Å². The third-order valence-electron chi connectivity index (χ3n) is 3.16. The fourth-order valence-corrected chi connectivity index (χ4v) is 3.06. The topological polar surface area (TPSA) is 9.72 Å². The zero-order valence-electron chi connectivity index (χ0n) is 8.65. The molecule has 0 amide bonds. The van der Waals surface area contributed by atoms with E-state index < -0.39 is 0 Å². The highest BCUT2D eigenvalue weighted by Gasteiger charge is 2.47. The van der Waals surface area contributed by atoms with Crippen molar-refractivity contribution in [3.05, 3.63) is 12.3 Å². The molecule has 86 valence electrons. The molecular formula is C9H16Cl2N4. The Kier molecular flexibility index (Phi) is 3.26. The molecule has 4 heterocycles. The van der Waals surface area contributed by atoms with E-state index in [0.717, 1.165) is 44.5 Å². The van der Waals surface area contributed by atoms with Gasteiger partial charge in [-0.15, -0.1) is 11.6 Å². The molecule has 4 saturated heterocycles. The molecule has 0 N–H and O–H groups in total. The van der Waals surface area contributed by atoms with Crippen molar-refractivity contribution in [1.82, 2.24) is 14.7 Å². The zero-order chi connectivity index (χ0) is 9.60. The number of rotatable bonds is 2. The van der Waals surface area contributed by atoms with Crippen LogP contribution in [0.5, 0.6) is 0 Å². The second kappa shape index (κ2) is 4.20. The first kappa shape index (κ1) is 11.6. The minimum absolute atomic E-state index is 0. The fraction of sp³-hybridized carbons (Fsp3) is 0.778. The summed E-state index contributed by atoms with van der Waals surface area (Å²) in [4.78, 5) is 7.49. The average Bonchev–Trinajstić information content (AvgIpc) is 2.12. The smallest absolute Gasteiger partial charge is 0.143 e. The Morgan fingerprint density at radius 1 is 1.00 bits per heavy atom. The van der Waals surface area contributed by atoms with E-state index in [1.165, 1.54) is 0 Å². The van der Waals surface area contributed by atoms with Crippen molar-refractivity contribution < 1.29 is 16.9 Å². The van der Waals surface area contributed by atoms with Gasteiger partial charge in [0, 0.05) is 5.88 Å².